The van der Waals surface area contributed by atoms with Crippen LogP contribution in [-0.2, 0) is 13.1 Å². The molecule has 0 saturated heterocycles. The summed E-state index contributed by atoms with van der Waals surface area (Å²) < 4.78 is 0. The van der Waals surface area contributed by atoms with E-state index >= 15 is 0 Å². The van der Waals surface area contributed by atoms with Gasteiger partial charge in [0.05, 0.1) is 11.6 Å². The maximum atomic E-state index is 12.4. The van der Waals surface area contributed by atoms with Crippen LogP contribution in [0.15, 0.2) is 48.8 Å². The van der Waals surface area contributed by atoms with Crippen molar-refractivity contribution >= 4 is 6.03 Å². The van der Waals surface area contributed by atoms with Crippen molar-refractivity contribution in [2.24, 2.45) is 0 Å². The number of hydrogen-bond acceptors (Lipinski definition) is 3. The van der Waals surface area contributed by atoms with E-state index in [1.54, 1.807) is 29.4 Å². The van der Waals surface area contributed by atoms with Gasteiger partial charge in [0.1, 0.15) is 0 Å². The van der Waals surface area contributed by atoms with Gasteiger partial charge in [-0.3, -0.25) is 4.98 Å². The molecule has 0 spiro atoms. The third kappa shape index (κ3) is 4.82. The Morgan fingerprint density at radius 1 is 1.26 bits per heavy atom. The highest BCUT2D eigenvalue weighted by Crippen LogP contribution is 2.10. The molecule has 0 aliphatic carbocycles. The van der Waals surface area contributed by atoms with Crippen LogP contribution in [0.3, 0.4) is 0 Å². The zero-order chi connectivity index (χ0) is 16.7. The molecule has 2 amide bonds. The monoisotopic (exact) mass is 308 g/mol. The van der Waals surface area contributed by atoms with E-state index in [0.717, 1.165) is 11.1 Å². The van der Waals surface area contributed by atoms with Crippen molar-refractivity contribution in [2.75, 3.05) is 0 Å². The second-order valence-corrected chi connectivity index (χ2v) is 5.55. The molecule has 5 heteroatoms. The van der Waals surface area contributed by atoms with Gasteiger partial charge in [-0.1, -0.05) is 18.2 Å². The van der Waals surface area contributed by atoms with Gasteiger partial charge in [0.25, 0.3) is 0 Å². The van der Waals surface area contributed by atoms with Crippen molar-refractivity contribution in [1.82, 2.24) is 15.2 Å². The maximum absolute atomic E-state index is 12.4. The van der Waals surface area contributed by atoms with Gasteiger partial charge in [0.15, 0.2) is 0 Å². The van der Waals surface area contributed by atoms with Gasteiger partial charge in [-0.25, -0.2) is 4.79 Å². The van der Waals surface area contributed by atoms with E-state index in [2.05, 4.69) is 16.4 Å². The fourth-order valence-electron chi connectivity index (χ4n) is 2.15. The Kier molecular flexibility index (Phi) is 5.70. The van der Waals surface area contributed by atoms with Gasteiger partial charge in [-0.05, 0) is 43.2 Å². The van der Waals surface area contributed by atoms with Crippen molar-refractivity contribution < 1.29 is 4.79 Å². The predicted octanol–water partition coefficient (Wildman–Crippen LogP) is 3.07. The van der Waals surface area contributed by atoms with Crippen molar-refractivity contribution in [3.63, 3.8) is 0 Å². The Bertz CT molecular complexity index is 674. The number of hydrogen-bond donors (Lipinski definition) is 1. The number of nitrogens with one attached hydrogen (secondary N) is 1. The molecule has 0 aliphatic heterocycles. The molecule has 1 N–H and O–H groups in total. The molecule has 0 fully saturated rings. The summed E-state index contributed by atoms with van der Waals surface area (Å²) in [5.74, 6) is 0. The molecule has 1 heterocycles. The Hall–Kier alpha value is -2.87. The number of carbonyl (C=O) groups is 1. The first kappa shape index (κ1) is 16.5. The van der Waals surface area contributed by atoms with E-state index in [9.17, 15) is 4.79 Å². The molecule has 0 saturated carbocycles. The number of carbonyl (C=O) groups excluding carboxylic acids is 1. The fraction of sp³-hybridized carbons (Fsp3) is 0.278. The van der Waals surface area contributed by atoms with Crippen LogP contribution in [0, 0.1) is 11.3 Å². The molecule has 23 heavy (non-hydrogen) atoms. The highest BCUT2D eigenvalue weighted by molar-refractivity contribution is 5.74. The zero-order valence-electron chi connectivity index (χ0n) is 13.4. The molecule has 2 aromatic rings. The van der Waals surface area contributed by atoms with Crippen LogP contribution in [0.25, 0.3) is 0 Å². The van der Waals surface area contributed by atoms with Gasteiger partial charge < -0.3 is 10.2 Å². The van der Waals surface area contributed by atoms with Gasteiger partial charge in [0.2, 0.25) is 0 Å². The van der Waals surface area contributed by atoms with E-state index in [0.29, 0.717) is 18.7 Å². The van der Waals surface area contributed by atoms with Crippen LogP contribution in [-0.4, -0.2) is 22.0 Å². The van der Waals surface area contributed by atoms with Crippen LogP contribution in [0.1, 0.15) is 30.5 Å². The fourth-order valence-corrected chi connectivity index (χ4v) is 2.15. The van der Waals surface area contributed by atoms with Crippen LogP contribution in [0.4, 0.5) is 4.79 Å². The minimum atomic E-state index is -0.117. The number of nitriles is 1. The van der Waals surface area contributed by atoms with E-state index in [4.69, 9.17) is 5.26 Å². The molecular formula is C18H20N4O. The number of pyridine rings is 1. The Morgan fingerprint density at radius 3 is 2.57 bits per heavy atom. The summed E-state index contributed by atoms with van der Waals surface area (Å²) in [7, 11) is 0. The molecule has 1 aromatic heterocycles. The maximum Gasteiger partial charge on any atom is 0.318 e. The van der Waals surface area contributed by atoms with Gasteiger partial charge in [0, 0.05) is 31.5 Å². The lowest BCUT2D eigenvalue weighted by Gasteiger charge is -2.27. The number of nitrogens with zero attached hydrogens (tertiary/aromatic N) is 3. The summed E-state index contributed by atoms with van der Waals surface area (Å²) in [4.78, 5) is 18.2. The topological polar surface area (TPSA) is 69.0 Å². The van der Waals surface area contributed by atoms with Crippen molar-refractivity contribution in [1.29, 1.82) is 5.26 Å². The summed E-state index contributed by atoms with van der Waals surface area (Å²) in [5, 5.41) is 11.8. The average molecular weight is 308 g/mol. The first-order chi connectivity index (χ1) is 11.1. The minimum Gasteiger partial charge on any atom is -0.334 e. The Balaban J connectivity index is 1.99. The van der Waals surface area contributed by atoms with E-state index in [-0.39, 0.29) is 12.1 Å². The van der Waals surface area contributed by atoms with E-state index in [1.165, 1.54) is 0 Å². The summed E-state index contributed by atoms with van der Waals surface area (Å²) in [6, 6.07) is 13.1. The van der Waals surface area contributed by atoms with Crippen LogP contribution in [0.5, 0.6) is 0 Å². The second kappa shape index (κ2) is 7.95. The lowest BCUT2D eigenvalue weighted by atomic mass is 10.1. The molecule has 5 nitrogen and oxygen atoms in total. The van der Waals surface area contributed by atoms with Crippen molar-refractivity contribution in [3.8, 4) is 6.07 Å². The number of benzene rings is 1. The lowest BCUT2D eigenvalue weighted by Crippen LogP contribution is -2.43. The predicted molar refractivity (Wildman–Crippen MR) is 88.3 cm³/mol. The summed E-state index contributed by atoms with van der Waals surface area (Å²) in [6.07, 6.45) is 3.44. The molecular weight excluding hydrogens is 288 g/mol. The van der Waals surface area contributed by atoms with Gasteiger partial charge in [-0.15, -0.1) is 0 Å². The largest absolute Gasteiger partial charge is 0.334 e. The smallest absolute Gasteiger partial charge is 0.318 e. The SMILES string of the molecule is CC(C)N(Cc1ccc(C#N)cc1)C(=O)NCc1cccnc1. The van der Waals surface area contributed by atoms with Crippen molar-refractivity contribution in [3.05, 3.63) is 65.5 Å². The summed E-state index contributed by atoms with van der Waals surface area (Å²) in [5.41, 5.74) is 2.57. The molecule has 2 rings (SSSR count). The molecule has 0 bridgehead atoms. The quantitative estimate of drug-likeness (QED) is 0.923. The molecule has 0 unspecified atom stereocenters. The number of amides is 2. The van der Waals surface area contributed by atoms with Crippen LogP contribution < -0.4 is 5.32 Å². The van der Waals surface area contributed by atoms with E-state index in [1.807, 2.05) is 38.1 Å². The first-order valence-corrected chi connectivity index (χ1v) is 7.52. The van der Waals surface area contributed by atoms with E-state index < -0.39 is 0 Å². The Labute approximate surface area is 136 Å². The Morgan fingerprint density at radius 2 is 2.00 bits per heavy atom. The normalized spacial score (nSPS) is 10.2. The second-order valence-electron chi connectivity index (χ2n) is 5.55. The highest BCUT2D eigenvalue weighted by atomic mass is 16.2. The third-order valence-corrected chi connectivity index (χ3v) is 3.49. The molecule has 0 radical (unpaired) electrons. The number of aromatic nitrogens is 1. The standard InChI is InChI=1S/C18H20N4O/c1-14(2)22(13-16-7-5-15(10-19)6-8-16)18(23)21-12-17-4-3-9-20-11-17/h3-9,11,14H,12-13H2,1-2H3,(H,21,23). The third-order valence-electron chi connectivity index (χ3n) is 3.49. The van der Waals surface area contributed by atoms with Gasteiger partial charge in [-0.2, -0.15) is 5.26 Å². The highest BCUT2D eigenvalue weighted by Gasteiger charge is 2.17. The van der Waals surface area contributed by atoms with Crippen LogP contribution >= 0.6 is 0 Å². The molecule has 118 valence electrons. The van der Waals surface area contributed by atoms with Crippen LogP contribution in [0.2, 0.25) is 0 Å². The lowest BCUT2D eigenvalue weighted by molar-refractivity contribution is 0.179. The number of urea groups is 1. The minimum absolute atomic E-state index is 0.0690. The van der Waals surface area contributed by atoms with Gasteiger partial charge >= 0.3 is 6.03 Å². The zero-order valence-corrected chi connectivity index (χ0v) is 13.4. The molecule has 0 atom stereocenters. The summed E-state index contributed by atoms with van der Waals surface area (Å²) in [6.45, 7) is 4.91. The van der Waals surface area contributed by atoms with Crippen molar-refractivity contribution in [2.45, 2.75) is 33.0 Å². The average Bonchev–Trinajstić information content (AvgIpc) is 2.58. The number of rotatable bonds is 5. The molecule has 0 aliphatic rings. The molecule has 1 aromatic carbocycles. The summed E-state index contributed by atoms with van der Waals surface area (Å²) >= 11 is 0. The first-order valence-electron chi connectivity index (χ1n) is 7.52.